The second kappa shape index (κ2) is 18.5. The highest BCUT2D eigenvalue weighted by Gasteiger charge is 2.11. The molecule has 0 aliphatic carbocycles. The van der Waals surface area contributed by atoms with Crippen LogP contribution < -0.4 is 26.6 Å². The Morgan fingerprint density at radius 1 is 0.627 bits per heavy atom. The average molecular weight is 699 g/mol. The lowest BCUT2D eigenvalue weighted by atomic mass is 10.1. The molecule has 0 atom stereocenters. The van der Waals surface area contributed by atoms with Gasteiger partial charge in [-0.25, -0.2) is 8.78 Å². The van der Waals surface area contributed by atoms with Gasteiger partial charge in [0.1, 0.15) is 17.4 Å². The molecule has 5 rings (SSSR count). The molecule has 0 fully saturated rings. The number of rotatable bonds is 18. The first kappa shape index (κ1) is 36.1. The Morgan fingerprint density at radius 3 is 1.84 bits per heavy atom. The number of nitrogens with zero attached hydrogens (tertiary/aromatic N) is 3. The van der Waals surface area contributed by atoms with Gasteiger partial charge in [0.05, 0.1) is 26.4 Å². The lowest BCUT2D eigenvalue weighted by molar-refractivity contribution is 0.0519. The summed E-state index contributed by atoms with van der Waals surface area (Å²) in [7, 11) is 0. The molecule has 0 aliphatic rings. The van der Waals surface area contributed by atoms with Gasteiger partial charge in [0.2, 0.25) is 17.8 Å². The molecule has 0 saturated heterocycles. The summed E-state index contributed by atoms with van der Waals surface area (Å²) in [5.41, 5.74) is 2.30. The normalized spacial score (nSPS) is 10.7. The molecular formula is C36H36F2N8O5. The van der Waals surface area contributed by atoms with Crippen LogP contribution in [-0.2, 0) is 16.0 Å². The predicted octanol–water partition coefficient (Wildman–Crippen LogP) is 5.15. The number of ether oxygens (including phenoxy) is 2. The molecule has 0 aliphatic heterocycles. The molecule has 1 heterocycles. The maximum absolute atomic E-state index is 13.9. The zero-order valence-electron chi connectivity index (χ0n) is 27.4. The van der Waals surface area contributed by atoms with E-state index in [4.69, 9.17) is 9.47 Å². The molecule has 2 amide bonds. The smallest absolute Gasteiger partial charge is 0.251 e. The van der Waals surface area contributed by atoms with Crippen LogP contribution in [-0.4, -0.2) is 71.4 Å². The quantitative estimate of drug-likeness (QED) is 0.0528. The highest BCUT2D eigenvalue weighted by molar-refractivity contribution is 5.94. The number of phenolic OH excluding ortho intramolecular Hbond substituents is 1. The van der Waals surface area contributed by atoms with Crippen LogP contribution in [0.25, 0.3) is 0 Å². The monoisotopic (exact) mass is 698 g/mol. The first-order valence-electron chi connectivity index (χ1n) is 16.0. The molecule has 0 bridgehead atoms. The molecule has 264 valence electrons. The van der Waals surface area contributed by atoms with E-state index in [9.17, 15) is 23.5 Å². The molecule has 0 saturated carbocycles. The minimum Gasteiger partial charge on any atom is -0.508 e. The number of anilines is 5. The van der Waals surface area contributed by atoms with Gasteiger partial charge in [0.25, 0.3) is 11.8 Å². The van der Waals surface area contributed by atoms with Crippen molar-refractivity contribution in [2.45, 2.75) is 6.54 Å². The number of carbonyl (C=O) groups is 2. The largest absolute Gasteiger partial charge is 0.508 e. The van der Waals surface area contributed by atoms with Gasteiger partial charge < -0.3 is 41.2 Å². The van der Waals surface area contributed by atoms with Crippen LogP contribution in [0.4, 0.5) is 38.0 Å². The fraction of sp³-hybridized carbons (Fsp3) is 0.194. The number of hydrogen-bond acceptors (Lipinski definition) is 11. The second-order valence-corrected chi connectivity index (χ2v) is 10.9. The molecule has 1 aromatic heterocycles. The van der Waals surface area contributed by atoms with Crippen molar-refractivity contribution in [1.29, 1.82) is 0 Å². The molecule has 0 radical (unpaired) electrons. The highest BCUT2D eigenvalue weighted by Crippen LogP contribution is 2.21. The standard InChI is InChI=1S/C36H36F2N8O5/c37-27-9-6-26(31(38)22-27)23-41-33(49)25-7-10-28(11-8-25)42-35-44-34(45-36(46-35)43-29-12-14-30(47)15-13-29)40-17-19-51-21-20-50-18-16-39-32(48)24-4-2-1-3-5-24/h1-15,22,47H,16-21,23H2,(H,39,48)(H,41,49)(H3,40,42,43,44,45,46). The maximum atomic E-state index is 13.9. The Bertz CT molecular complexity index is 1880. The number of nitrogens with one attached hydrogen (secondary N) is 5. The van der Waals surface area contributed by atoms with E-state index in [1.54, 1.807) is 60.7 Å². The number of aromatic nitrogens is 3. The zero-order valence-corrected chi connectivity index (χ0v) is 27.4. The molecule has 5 aromatic rings. The minimum absolute atomic E-state index is 0.0995. The fourth-order valence-corrected chi connectivity index (χ4v) is 4.50. The average Bonchev–Trinajstić information content (AvgIpc) is 3.13. The van der Waals surface area contributed by atoms with Gasteiger partial charge in [0.15, 0.2) is 0 Å². The van der Waals surface area contributed by atoms with Gasteiger partial charge in [0, 0.05) is 53.8 Å². The Kier molecular flexibility index (Phi) is 13.1. The molecule has 0 unspecified atom stereocenters. The van der Waals surface area contributed by atoms with Gasteiger partial charge >= 0.3 is 0 Å². The predicted molar refractivity (Wildman–Crippen MR) is 187 cm³/mol. The van der Waals surface area contributed by atoms with Gasteiger partial charge in [-0.1, -0.05) is 24.3 Å². The van der Waals surface area contributed by atoms with E-state index < -0.39 is 17.5 Å². The van der Waals surface area contributed by atoms with Crippen LogP contribution in [0, 0.1) is 11.6 Å². The lowest BCUT2D eigenvalue weighted by Gasteiger charge is -2.12. The zero-order chi connectivity index (χ0) is 35.8. The SMILES string of the molecule is O=C(NCCOCCOCCNc1nc(Nc2ccc(O)cc2)nc(Nc2ccc(C(=O)NCc3ccc(F)cc3F)cc2)n1)c1ccccc1. The molecule has 13 nitrogen and oxygen atoms in total. The van der Waals surface area contributed by atoms with Crippen LogP contribution >= 0.6 is 0 Å². The van der Waals surface area contributed by atoms with E-state index >= 15 is 0 Å². The Balaban J connectivity index is 1.10. The second-order valence-electron chi connectivity index (χ2n) is 10.9. The summed E-state index contributed by atoms with van der Waals surface area (Å²) in [4.78, 5) is 38.0. The van der Waals surface area contributed by atoms with Crippen molar-refractivity contribution in [1.82, 2.24) is 25.6 Å². The van der Waals surface area contributed by atoms with Gasteiger partial charge in [-0.2, -0.15) is 15.0 Å². The van der Waals surface area contributed by atoms with Crippen molar-refractivity contribution >= 4 is 41.0 Å². The first-order valence-corrected chi connectivity index (χ1v) is 16.0. The molecular weight excluding hydrogens is 662 g/mol. The third kappa shape index (κ3) is 11.7. The van der Waals surface area contributed by atoms with Gasteiger partial charge in [-0.15, -0.1) is 0 Å². The van der Waals surface area contributed by atoms with Gasteiger partial charge in [-0.05, 0) is 66.7 Å². The van der Waals surface area contributed by atoms with E-state index in [0.29, 0.717) is 62.0 Å². The van der Waals surface area contributed by atoms with Crippen LogP contribution in [0.5, 0.6) is 5.75 Å². The Morgan fingerprint density at radius 2 is 1.20 bits per heavy atom. The maximum Gasteiger partial charge on any atom is 0.251 e. The van der Waals surface area contributed by atoms with E-state index in [1.807, 2.05) is 6.07 Å². The van der Waals surface area contributed by atoms with Crippen molar-refractivity contribution in [3.05, 3.63) is 125 Å². The molecule has 0 spiro atoms. The summed E-state index contributed by atoms with van der Waals surface area (Å²) in [5, 5.41) is 24.3. The van der Waals surface area contributed by atoms with Crippen molar-refractivity contribution < 1.29 is 33.0 Å². The van der Waals surface area contributed by atoms with Gasteiger partial charge in [-0.3, -0.25) is 9.59 Å². The minimum atomic E-state index is -0.739. The molecule has 51 heavy (non-hydrogen) atoms. The number of hydrogen-bond donors (Lipinski definition) is 6. The van der Waals surface area contributed by atoms with Crippen molar-refractivity contribution in [2.24, 2.45) is 0 Å². The van der Waals surface area contributed by atoms with Crippen molar-refractivity contribution in [3.8, 4) is 5.75 Å². The van der Waals surface area contributed by atoms with Crippen LogP contribution in [0.15, 0.2) is 97.1 Å². The van der Waals surface area contributed by atoms with E-state index in [2.05, 4.69) is 41.5 Å². The molecule has 6 N–H and O–H groups in total. The number of benzene rings is 4. The number of carbonyl (C=O) groups excluding carboxylic acids is 2. The summed E-state index contributed by atoms with van der Waals surface area (Å²) in [6, 6.07) is 25.0. The topological polar surface area (TPSA) is 172 Å². The van der Waals surface area contributed by atoms with Crippen LogP contribution in [0.1, 0.15) is 26.3 Å². The summed E-state index contributed by atoms with van der Waals surface area (Å²) < 4.78 is 38.3. The van der Waals surface area contributed by atoms with Crippen molar-refractivity contribution in [2.75, 3.05) is 55.5 Å². The Hall–Kier alpha value is -6.19. The van der Waals surface area contributed by atoms with E-state index in [0.717, 1.165) is 12.1 Å². The summed E-state index contributed by atoms with van der Waals surface area (Å²) in [6.45, 7) is 2.05. The summed E-state index contributed by atoms with van der Waals surface area (Å²) >= 11 is 0. The molecule has 15 heteroatoms. The van der Waals surface area contributed by atoms with Crippen molar-refractivity contribution in [3.63, 3.8) is 0 Å². The number of halogens is 2. The fourth-order valence-electron chi connectivity index (χ4n) is 4.50. The third-order valence-electron chi connectivity index (χ3n) is 7.09. The van der Waals surface area contributed by atoms with E-state index in [1.165, 1.54) is 18.2 Å². The number of amides is 2. The summed E-state index contributed by atoms with van der Waals surface area (Å²) in [5.74, 6) is -1.23. The molecule has 4 aromatic carbocycles. The number of phenols is 1. The lowest BCUT2D eigenvalue weighted by Crippen LogP contribution is -2.27. The number of aromatic hydroxyl groups is 1. The highest BCUT2D eigenvalue weighted by atomic mass is 19.1. The Labute approximate surface area is 292 Å². The summed E-state index contributed by atoms with van der Waals surface area (Å²) in [6.07, 6.45) is 0. The third-order valence-corrected chi connectivity index (χ3v) is 7.09. The first-order chi connectivity index (χ1) is 24.8. The van der Waals surface area contributed by atoms with Crippen LogP contribution in [0.3, 0.4) is 0 Å². The van der Waals surface area contributed by atoms with Crippen LogP contribution in [0.2, 0.25) is 0 Å². The van der Waals surface area contributed by atoms with E-state index in [-0.39, 0.29) is 41.6 Å².